The molecule has 5 aliphatic rings. The average Bonchev–Trinajstić information content (AvgIpc) is 3.12. The number of hydrogen-bond donors (Lipinski definition) is 1. The summed E-state index contributed by atoms with van der Waals surface area (Å²) in [6.45, 7) is 2.76. The Morgan fingerprint density at radius 3 is 2.36 bits per heavy atom. The van der Waals surface area contributed by atoms with E-state index in [2.05, 4.69) is 34.0 Å². The molecule has 1 unspecified atom stereocenters. The molecule has 1 heterocycles. The van der Waals surface area contributed by atoms with Crippen molar-refractivity contribution in [2.24, 2.45) is 23.2 Å². The standard InChI is InChI=1S/C23H29IN2O2/c1-14-7-18(24)4-5-19(14)25-21(27)20-3-2-6-26(20)22(28)23-11-15-8-16(12-23)10-17(9-15)13-23/h4-5,7,15-17,20H,2-3,6,8-13H2,1H3,(H,25,27). The number of nitrogens with zero attached hydrogens (tertiary/aromatic N) is 1. The smallest absolute Gasteiger partial charge is 0.247 e. The molecule has 6 rings (SSSR count). The highest BCUT2D eigenvalue weighted by atomic mass is 127. The van der Waals surface area contributed by atoms with Crippen LogP contribution >= 0.6 is 22.6 Å². The van der Waals surface area contributed by atoms with Crippen LogP contribution in [0.2, 0.25) is 0 Å². The second-order valence-corrected chi connectivity index (χ2v) is 11.0. The fourth-order valence-electron chi connectivity index (χ4n) is 6.94. The zero-order chi connectivity index (χ0) is 19.5. The van der Waals surface area contributed by atoms with E-state index in [1.807, 2.05) is 24.0 Å². The topological polar surface area (TPSA) is 49.4 Å². The van der Waals surface area contributed by atoms with E-state index >= 15 is 0 Å². The Labute approximate surface area is 181 Å². The summed E-state index contributed by atoms with van der Waals surface area (Å²) in [5.74, 6) is 2.53. The van der Waals surface area contributed by atoms with Crippen LogP contribution in [0, 0.1) is 33.7 Å². The molecule has 150 valence electrons. The second kappa shape index (κ2) is 6.99. The summed E-state index contributed by atoms with van der Waals surface area (Å²) < 4.78 is 1.16. The number of hydrogen-bond acceptors (Lipinski definition) is 2. The van der Waals surface area contributed by atoms with E-state index in [1.165, 1.54) is 19.3 Å². The molecule has 0 aromatic heterocycles. The summed E-state index contributed by atoms with van der Waals surface area (Å²) in [6.07, 6.45) is 8.93. The van der Waals surface area contributed by atoms with Crippen molar-refractivity contribution in [3.63, 3.8) is 0 Å². The van der Waals surface area contributed by atoms with Crippen molar-refractivity contribution >= 4 is 40.1 Å². The minimum absolute atomic E-state index is 0.0140. The zero-order valence-corrected chi connectivity index (χ0v) is 18.7. The number of halogens is 1. The molecule has 1 aromatic rings. The van der Waals surface area contributed by atoms with Gasteiger partial charge in [-0.3, -0.25) is 9.59 Å². The zero-order valence-electron chi connectivity index (χ0n) is 16.5. The highest BCUT2D eigenvalue weighted by Gasteiger charge is 2.56. The first-order valence-corrected chi connectivity index (χ1v) is 11.9. The van der Waals surface area contributed by atoms with Gasteiger partial charge in [0.15, 0.2) is 0 Å². The van der Waals surface area contributed by atoms with E-state index in [4.69, 9.17) is 0 Å². The van der Waals surface area contributed by atoms with Crippen LogP contribution in [0.25, 0.3) is 0 Å². The molecule has 1 aliphatic heterocycles. The maximum absolute atomic E-state index is 13.7. The van der Waals surface area contributed by atoms with E-state index in [0.29, 0.717) is 5.91 Å². The monoisotopic (exact) mass is 492 g/mol. The lowest BCUT2D eigenvalue weighted by molar-refractivity contribution is -0.160. The molecular weight excluding hydrogens is 463 g/mol. The van der Waals surface area contributed by atoms with Crippen LogP contribution in [0.5, 0.6) is 0 Å². The van der Waals surface area contributed by atoms with Gasteiger partial charge in [-0.15, -0.1) is 0 Å². The minimum atomic E-state index is -0.306. The predicted octanol–water partition coefficient (Wildman–Crippen LogP) is 4.75. The largest absolute Gasteiger partial charge is 0.330 e. The number of amides is 2. The molecule has 4 saturated carbocycles. The maximum atomic E-state index is 13.7. The van der Waals surface area contributed by atoms with Crippen LogP contribution in [-0.2, 0) is 9.59 Å². The van der Waals surface area contributed by atoms with E-state index in [1.54, 1.807) is 0 Å². The van der Waals surface area contributed by atoms with Crippen LogP contribution in [0.4, 0.5) is 5.69 Å². The molecule has 28 heavy (non-hydrogen) atoms. The lowest BCUT2D eigenvalue weighted by Gasteiger charge is -2.56. The molecule has 0 radical (unpaired) electrons. The highest BCUT2D eigenvalue weighted by Crippen LogP contribution is 2.60. The lowest BCUT2D eigenvalue weighted by Crippen LogP contribution is -2.56. The van der Waals surface area contributed by atoms with E-state index in [0.717, 1.165) is 71.2 Å². The van der Waals surface area contributed by atoms with E-state index < -0.39 is 0 Å². The normalized spacial score (nSPS) is 36.0. The molecule has 4 nitrogen and oxygen atoms in total. The Morgan fingerprint density at radius 1 is 1.11 bits per heavy atom. The van der Waals surface area contributed by atoms with Crippen molar-refractivity contribution < 1.29 is 9.59 Å². The van der Waals surface area contributed by atoms with Crippen molar-refractivity contribution in [2.45, 2.75) is 64.3 Å². The molecule has 1 saturated heterocycles. The summed E-state index contributed by atoms with van der Waals surface area (Å²) in [5, 5.41) is 3.10. The quantitative estimate of drug-likeness (QED) is 0.620. The molecule has 5 fully saturated rings. The van der Waals surface area contributed by atoms with Gasteiger partial charge in [-0.25, -0.2) is 0 Å². The summed E-state index contributed by atoms with van der Waals surface area (Å²) >= 11 is 2.28. The molecule has 0 spiro atoms. The first-order chi connectivity index (χ1) is 13.4. The Kier molecular flexibility index (Phi) is 4.72. The fourth-order valence-corrected chi connectivity index (χ4v) is 7.59. The number of aryl methyl sites for hydroxylation is 1. The van der Waals surface area contributed by atoms with Crippen molar-refractivity contribution in [2.75, 3.05) is 11.9 Å². The second-order valence-electron chi connectivity index (χ2n) is 9.80. The third-order valence-electron chi connectivity index (χ3n) is 7.75. The first-order valence-electron chi connectivity index (χ1n) is 10.8. The molecule has 1 aromatic carbocycles. The summed E-state index contributed by atoms with van der Waals surface area (Å²) in [7, 11) is 0. The van der Waals surface area contributed by atoms with Crippen LogP contribution in [-0.4, -0.2) is 29.3 Å². The number of carbonyl (C=O) groups is 2. The summed E-state index contributed by atoms with van der Waals surface area (Å²) in [5.41, 5.74) is 1.77. The molecule has 1 atom stereocenters. The van der Waals surface area contributed by atoms with Gasteiger partial charge in [-0.2, -0.15) is 0 Å². The van der Waals surface area contributed by atoms with Crippen LogP contribution in [0.3, 0.4) is 0 Å². The third-order valence-corrected chi connectivity index (χ3v) is 8.43. The number of rotatable bonds is 3. The maximum Gasteiger partial charge on any atom is 0.247 e. The molecule has 2 amide bonds. The van der Waals surface area contributed by atoms with Crippen LogP contribution in [0.15, 0.2) is 18.2 Å². The van der Waals surface area contributed by atoms with Gasteiger partial charge in [0, 0.05) is 15.8 Å². The van der Waals surface area contributed by atoms with Gasteiger partial charge in [0.25, 0.3) is 0 Å². The molecule has 1 N–H and O–H groups in total. The van der Waals surface area contributed by atoms with Gasteiger partial charge in [0.05, 0.1) is 5.41 Å². The third kappa shape index (κ3) is 3.17. The average molecular weight is 492 g/mol. The molecule has 4 aliphatic carbocycles. The van der Waals surface area contributed by atoms with Crippen molar-refractivity contribution in [3.05, 3.63) is 27.3 Å². The Hall–Kier alpha value is -1.11. The van der Waals surface area contributed by atoms with Gasteiger partial charge in [0.2, 0.25) is 11.8 Å². The van der Waals surface area contributed by atoms with Gasteiger partial charge in [-0.1, -0.05) is 0 Å². The van der Waals surface area contributed by atoms with Crippen molar-refractivity contribution in [1.82, 2.24) is 4.90 Å². The number of likely N-dealkylation sites (tertiary alicyclic amines) is 1. The van der Waals surface area contributed by atoms with Crippen LogP contribution in [0.1, 0.15) is 56.9 Å². The number of nitrogens with one attached hydrogen (secondary N) is 1. The van der Waals surface area contributed by atoms with Gasteiger partial charge >= 0.3 is 0 Å². The van der Waals surface area contributed by atoms with Crippen molar-refractivity contribution in [3.8, 4) is 0 Å². The molecule has 4 bridgehead atoms. The van der Waals surface area contributed by atoms with Crippen molar-refractivity contribution in [1.29, 1.82) is 0 Å². The molecular formula is C23H29IN2O2. The number of carbonyl (C=O) groups excluding carboxylic acids is 2. The lowest BCUT2D eigenvalue weighted by atomic mass is 9.49. The SMILES string of the molecule is Cc1cc(I)ccc1NC(=O)C1CCCN1C(=O)C12CC3CC(CC(C3)C1)C2. The Bertz CT molecular complexity index is 786. The predicted molar refractivity (Wildman–Crippen MR) is 118 cm³/mol. The van der Waals surface area contributed by atoms with Gasteiger partial charge in [-0.05, 0) is 122 Å². The highest BCUT2D eigenvalue weighted by molar-refractivity contribution is 14.1. The summed E-state index contributed by atoms with van der Waals surface area (Å²) in [6, 6.07) is 5.74. The van der Waals surface area contributed by atoms with E-state index in [-0.39, 0.29) is 17.4 Å². The minimum Gasteiger partial charge on any atom is -0.330 e. The fraction of sp³-hybridized carbons (Fsp3) is 0.652. The Morgan fingerprint density at radius 2 is 1.75 bits per heavy atom. The Balaban J connectivity index is 1.34. The number of benzene rings is 1. The number of anilines is 1. The van der Waals surface area contributed by atoms with Gasteiger partial charge < -0.3 is 10.2 Å². The van der Waals surface area contributed by atoms with Gasteiger partial charge in [0.1, 0.15) is 6.04 Å². The van der Waals surface area contributed by atoms with Crippen LogP contribution < -0.4 is 5.32 Å². The first kappa shape index (κ1) is 18.9. The molecule has 5 heteroatoms. The summed E-state index contributed by atoms with van der Waals surface area (Å²) in [4.78, 5) is 28.8. The van der Waals surface area contributed by atoms with E-state index in [9.17, 15) is 9.59 Å².